The van der Waals surface area contributed by atoms with Crippen LogP contribution in [0.4, 0.5) is 0 Å². The first-order valence-electron chi connectivity index (χ1n) is 2.93. The normalized spacial score (nSPS) is 11.8. The van der Waals surface area contributed by atoms with Crippen molar-refractivity contribution in [2.24, 2.45) is 0 Å². The SMILES string of the molecule is C/C(=C\NC(C)(O)O)C(=O)[O-].[K+]. The van der Waals surface area contributed by atoms with Crippen LogP contribution in [-0.2, 0) is 4.79 Å². The van der Waals surface area contributed by atoms with Gasteiger partial charge in [-0.1, -0.05) is 0 Å². The molecule has 3 N–H and O–H groups in total. The number of carboxylic acid groups (broad SMARTS) is 1. The van der Waals surface area contributed by atoms with Crippen LogP contribution in [-0.4, -0.2) is 22.1 Å². The summed E-state index contributed by atoms with van der Waals surface area (Å²) in [5, 5.41) is 29.3. The van der Waals surface area contributed by atoms with Crippen molar-refractivity contribution in [1.82, 2.24) is 5.32 Å². The summed E-state index contributed by atoms with van der Waals surface area (Å²) >= 11 is 0. The quantitative estimate of drug-likeness (QED) is 0.240. The molecule has 0 radical (unpaired) electrons. The zero-order chi connectivity index (χ0) is 9.07. The van der Waals surface area contributed by atoms with Crippen LogP contribution in [0.15, 0.2) is 11.8 Å². The first-order valence-corrected chi connectivity index (χ1v) is 2.93. The molecule has 0 heterocycles. The van der Waals surface area contributed by atoms with E-state index in [0.29, 0.717) is 0 Å². The molecule has 0 aliphatic rings. The third-order valence-electron chi connectivity index (χ3n) is 0.884. The van der Waals surface area contributed by atoms with Gasteiger partial charge < -0.3 is 25.4 Å². The summed E-state index contributed by atoms with van der Waals surface area (Å²) in [5.41, 5.74) is -0.112. The fourth-order valence-electron chi connectivity index (χ4n) is 0.304. The van der Waals surface area contributed by atoms with E-state index in [1.54, 1.807) is 0 Å². The molecule has 0 aromatic rings. The molecule has 0 aromatic carbocycles. The number of carboxylic acids is 1. The third kappa shape index (κ3) is 8.66. The fourth-order valence-corrected chi connectivity index (χ4v) is 0.304. The van der Waals surface area contributed by atoms with Crippen LogP contribution in [0.2, 0.25) is 0 Å². The van der Waals surface area contributed by atoms with Gasteiger partial charge in [0.25, 0.3) is 0 Å². The van der Waals surface area contributed by atoms with E-state index in [0.717, 1.165) is 13.1 Å². The Morgan fingerprint density at radius 3 is 2.25 bits per heavy atom. The molecule has 6 heteroatoms. The Hall–Kier alpha value is 0.566. The van der Waals surface area contributed by atoms with Gasteiger partial charge in [-0.3, -0.25) is 0 Å². The van der Waals surface area contributed by atoms with Crippen molar-refractivity contribution in [3.63, 3.8) is 0 Å². The third-order valence-corrected chi connectivity index (χ3v) is 0.884. The molecule has 0 rings (SSSR count). The first-order chi connectivity index (χ1) is 4.83. The molecule has 0 aliphatic carbocycles. The molecule has 0 spiro atoms. The number of hydrogen-bond donors (Lipinski definition) is 3. The van der Waals surface area contributed by atoms with E-state index in [1.807, 2.05) is 5.32 Å². The molecular weight excluding hydrogens is 189 g/mol. The van der Waals surface area contributed by atoms with Gasteiger partial charge in [0.1, 0.15) is 0 Å². The molecule has 64 valence electrons. The first kappa shape index (κ1) is 15.1. The Kier molecular flexibility index (Phi) is 7.64. The fraction of sp³-hybridized carbons (Fsp3) is 0.500. The summed E-state index contributed by atoms with van der Waals surface area (Å²) in [5.74, 6) is -3.46. The van der Waals surface area contributed by atoms with Crippen molar-refractivity contribution in [2.75, 3.05) is 0 Å². The van der Waals surface area contributed by atoms with Crippen molar-refractivity contribution >= 4 is 5.97 Å². The van der Waals surface area contributed by atoms with E-state index in [1.165, 1.54) is 6.92 Å². The van der Waals surface area contributed by atoms with Gasteiger partial charge in [-0.05, 0) is 12.5 Å². The van der Waals surface area contributed by atoms with Crippen molar-refractivity contribution in [2.45, 2.75) is 19.8 Å². The van der Waals surface area contributed by atoms with Crippen LogP contribution in [0.5, 0.6) is 0 Å². The molecule has 5 nitrogen and oxygen atoms in total. The van der Waals surface area contributed by atoms with E-state index in [2.05, 4.69) is 0 Å². The number of aliphatic hydroxyl groups is 2. The summed E-state index contributed by atoms with van der Waals surface area (Å²) in [6, 6.07) is 0. The molecule has 0 bridgehead atoms. The molecule has 0 saturated carbocycles. The van der Waals surface area contributed by atoms with Gasteiger partial charge in [-0.25, -0.2) is 0 Å². The van der Waals surface area contributed by atoms with Gasteiger partial charge >= 0.3 is 51.4 Å². The topological polar surface area (TPSA) is 92.6 Å². The standard InChI is InChI=1S/C6H11NO4.K/c1-4(5(8)9)3-7-6(2,10)11;/h3,7,10-11H,1-2H3,(H,8,9);/q;+1/p-1/b4-3+;. The summed E-state index contributed by atoms with van der Waals surface area (Å²) in [6.45, 7) is 2.33. The molecule has 0 unspecified atom stereocenters. The van der Waals surface area contributed by atoms with Crippen LogP contribution in [0, 0.1) is 0 Å². The van der Waals surface area contributed by atoms with Gasteiger partial charge in [-0.15, -0.1) is 0 Å². The van der Waals surface area contributed by atoms with E-state index < -0.39 is 11.9 Å². The molecule has 12 heavy (non-hydrogen) atoms. The van der Waals surface area contributed by atoms with Crippen molar-refractivity contribution in [1.29, 1.82) is 0 Å². The summed E-state index contributed by atoms with van der Waals surface area (Å²) < 4.78 is 0. The molecule has 0 aromatic heterocycles. The predicted octanol–water partition coefficient (Wildman–Crippen LogP) is -5.11. The number of rotatable bonds is 3. The van der Waals surface area contributed by atoms with Gasteiger partial charge in [-0.2, -0.15) is 0 Å². The van der Waals surface area contributed by atoms with Crippen molar-refractivity contribution in [3.8, 4) is 0 Å². The van der Waals surface area contributed by atoms with Gasteiger partial charge in [0.15, 0.2) is 0 Å². The summed E-state index contributed by atoms with van der Waals surface area (Å²) in [4.78, 5) is 10.0. The van der Waals surface area contributed by atoms with Gasteiger partial charge in [0, 0.05) is 13.1 Å². The minimum absolute atomic E-state index is 0. The molecule has 0 saturated heterocycles. The second kappa shape index (κ2) is 6.09. The molecule has 0 amide bonds. The van der Waals surface area contributed by atoms with Crippen molar-refractivity contribution in [3.05, 3.63) is 11.8 Å². The predicted molar refractivity (Wildman–Crippen MR) is 34.7 cm³/mol. The second-order valence-corrected chi connectivity index (χ2v) is 2.28. The van der Waals surface area contributed by atoms with Gasteiger partial charge in [0.2, 0.25) is 5.91 Å². The Balaban J connectivity index is 0. The van der Waals surface area contributed by atoms with Crippen LogP contribution >= 0.6 is 0 Å². The number of aliphatic carboxylic acids is 1. The second-order valence-electron chi connectivity index (χ2n) is 2.28. The summed E-state index contributed by atoms with van der Waals surface area (Å²) in [6.07, 6.45) is 0.954. The van der Waals surface area contributed by atoms with Crippen LogP contribution in [0.1, 0.15) is 13.8 Å². The van der Waals surface area contributed by atoms with E-state index in [4.69, 9.17) is 10.2 Å². The maximum atomic E-state index is 10.0. The molecular formula is C6H10KNO4. The monoisotopic (exact) mass is 199 g/mol. The maximum Gasteiger partial charge on any atom is 1.00 e. The Morgan fingerprint density at radius 2 is 2.00 bits per heavy atom. The number of nitrogens with one attached hydrogen (secondary N) is 1. The number of carbonyl (C=O) groups excluding carboxylic acids is 1. The molecule has 0 atom stereocenters. The summed E-state index contributed by atoms with van der Waals surface area (Å²) in [7, 11) is 0. The zero-order valence-electron chi connectivity index (χ0n) is 7.29. The van der Waals surface area contributed by atoms with Crippen LogP contribution in [0.3, 0.4) is 0 Å². The minimum atomic E-state index is -2.10. The van der Waals surface area contributed by atoms with Crippen molar-refractivity contribution < 1.29 is 71.5 Å². The Morgan fingerprint density at radius 1 is 1.58 bits per heavy atom. The zero-order valence-corrected chi connectivity index (χ0v) is 10.4. The minimum Gasteiger partial charge on any atom is -0.545 e. The maximum absolute atomic E-state index is 10.0. The number of hydrogen-bond acceptors (Lipinski definition) is 5. The smallest absolute Gasteiger partial charge is 0.545 e. The largest absolute Gasteiger partial charge is 1.00 e. The van der Waals surface area contributed by atoms with Gasteiger partial charge in [0.05, 0.1) is 5.97 Å². The Bertz CT molecular complexity index is 184. The number of carbonyl (C=O) groups is 1. The van der Waals surface area contributed by atoms with Crippen LogP contribution < -0.4 is 61.8 Å². The molecule has 0 fully saturated rings. The van der Waals surface area contributed by atoms with E-state index in [-0.39, 0.29) is 57.0 Å². The van der Waals surface area contributed by atoms with Crippen LogP contribution in [0.25, 0.3) is 0 Å². The van der Waals surface area contributed by atoms with E-state index >= 15 is 0 Å². The molecule has 0 aliphatic heterocycles. The average Bonchev–Trinajstić information content (AvgIpc) is 1.80. The average molecular weight is 199 g/mol. The van der Waals surface area contributed by atoms with E-state index in [9.17, 15) is 9.90 Å². The Labute approximate surface area is 113 Å².